The number of esters is 1. The first-order valence-corrected chi connectivity index (χ1v) is 10.1. The van der Waals surface area contributed by atoms with E-state index in [4.69, 9.17) is 14.2 Å². The van der Waals surface area contributed by atoms with Crippen molar-refractivity contribution in [1.29, 1.82) is 0 Å². The van der Waals surface area contributed by atoms with E-state index in [2.05, 4.69) is 11.9 Å². The molecule has 0 aliphatic heterocycles. The normalized spacial score (nSPS) is 10.8. The van der Waals surface area contributed by atoms with Gasteiger partial charge in [0.25, 0.3) is 5.56 Å². The van der Waals surface area contributed by atoms with E-state index in [0.717, 1.165) is 18.4 Å². The van der Waals surface area contributed by atoms with Crippen molar-refractivity contribution in [2.24, 2.45) is 0 Å². The highest BCUT2D eigenvalue weighted by molar-refractivity contribution is 5.90. The van der Waals surface area contributed by atoms with E-state index in [9.17, 15) is 9.59 Å². The molecule has 30 heavy (non-hydrogen) atoms. The third-order valence-corrected chi connectivity index (χ3v) is 4.53. The molecule has 7 heteroatoms. The SMILES string of the molecule is CCCCOc1ccc(C(=O)OCc2cc(=O)n3cccc(C)c3n2)cc1OCC. The minimum absolute atomic E-state index is 0.0996. The van der Waals surface area contributed by atoms with Crippen LogP contribution in [0.15, 0.2) is 47.4 Å². The van der Waals surface area contributed by atoms with Gasteiger partial charge in [0.1, 0.15) is 12.3 Å². The largest absolute Gasteiger partial charge is 0.490 e. The first-order chi connectivity index (χ1) is 14.5. The minimum Gasteiger partial charge on any atom is -0.490 e. The number of hydrogen-bond acceptors (Lipinski definition) is 6. The van der Waals surface area contributed by atoms with Crippen molar-refractivity contribution in [3.8, 4) is 11.5 Å². The van der Waals surface area contributed by atoms with Crippen LogP contribution in [0.4, 0.5) is 0 Å². The number of hydrogen-bond donors (Lipinski definition) is 0. The highest BCUT2D eigenvalue weighted by Gasteiger charge is 2.14. The number of aryl methyl sites for hydroxylation is 1. The number of fused-ring (bicyclic) bond motifs is 1. The Morgan fingerprint density at radius 3 is 2.70 bits per heavy atom. The van der Waals surface area contributed by atoms with Crippen molar-refractivity contribution in [3.05, 3.63) is 69.8 Å². The fraction of sp³-hybridized carbons (Fsp3) is 0.348. The summed E-state index contributed by atoms with van der Waals surface area (Å²) in [5.74, 6) is 0.574. The topological polar surface area (TPSA) is 79.1 Å². The van der Waals surface area contributed by atoms with Crippen LogP contribution in [0.3, 0.4) is 0 Å². The van der Waals surface area contributed by atoms with Gasteiger partial charge in [0.15, 0.2) is 11.5 Å². The molecule has 2 heterocycles. The molecule has 0 radical (unpaired) electrons. The van der Waals surface area contributed by atoms with Crippen molar-refractivity contribution in [3.63, 3.8) is 0 Å². The lowest BCUT2D eigenvalue weighted by Gasteiger charge is -2.13. The van der Waals surface area contributed by atoms with Crippen molar-refractivity contribution in [2.75, 3.05) is 13.2 Å². The third kappa shape index (κ3) is 4.97. The molecule has 0 aliphatic rings. The molecule has 7 nitrogen and oxygen atoms in total. The maximum absolute atomic E-state index is 12.5. The molecule has 0 N–H and O–H groups in total. The second kappa shape index (κ2) is 9.91. The van der Waals surface area contributed by atoms with Gasteiger partial charge in [0.05, 0.1) is 24.5 Å². The van der Waals surface area contributed by atoms with Crippen molar-refractivity contribution >= 4 is 11.6 Å². The molecule has 2 aromatic heterocycles. The molecule has 0 amide bonds. The van der Waals surface area contributed by atoms with Gasteiger partial charge in [-0.1, -0.05) is 19.4 Å². The van der Waals surface area contributed by atoms with E-state index in [0.29, 0.717) is 41.6 Å². The predicted octanol–water partition coefficient (Wildman–Crippen LogP) is 3.94. The lowest BCUT2D eigenvalue weighted by molar-refractivity contribution is 0.0467. The molecule has 0 aliphatic carbocycles. The Bertz CT molecular complexity index is 1090. The molecule has 0 atom stereocenters. The van der Waals surface area contributed by atoms with Crippen molar-refractivity contribution < 1.29 is 19.0 Å². The summed E-state index contributed by atoms with van der Waals surface area (Å²) in [5.41, 5.74) is 1.93. The van der Waals surface area contributed by atoms with Crippen LogP contribution in [0.25, 0.3) is 5.65 Å². The van der Waals surface area contributed by atoms with E-state index < -0.39 is 5.97 Å². The van der Waals surface area contributed by atoms with Crippen LogP contribution in [0.5, 0.6) is 11.5 Å². The maximum atomic E-state index is 12.5. The van der Waals surface area contributed by atoms with E-state index in [1.54, 1.807) is 30.5 Å². The van der Waals surface area contributed by atoms with Gasteiger partial charge in [-0.25, -0.2) is 9.78 Å². The number of carbonyl (C=O) groups excluding carboxylic acids is 1. The van der Waals surface area contributed by atoms with E-state index >= 15 is 0 Å². The summed E-state index contributed by atoms with van der Waals surface area (Å²) in [6.07, 6.45) is 3.63. The molecular weight excluding hydrogens is 384 g/mol. The summed E-state index contributed by atoms with van der Waals surface area (Å²) in [7, 11) is 0. The number of ether oxygens (including phenoxy) is 3. The summed E-state index contributed by atoms with van der Waals surface area (Å²) in [4.78, 5) is 29.3. The summed E-state index contributed by atoms with van der Waals surface area (Å²) >= 11 is 0. The molecule has 0 spiro atoms. The molecule has 1 aromatic carbocycles. The lowest BCUT2D eigenvalue weighted by Crippen LogP contribution is -2.17. The number of pyridine rings is 1. The zero-order valence-corrected chi connectivity index (χ0v) is 17.5. The predicted molar refractivity (Wildman–Crippen MR) is 113 cm³/mol. The van der Waals surface area contributed by atoms with Gasteiger partial charge >= 0.3 is 5.97 Å². The quantitative estimate of drug-likeness (QED) is 0.393. The van der Waals surface area contributed by atoms with E-state index in [1.165, 1.54) is 10.5 Å². The number of unbranched alkanes of at least 4 members (excludes halogenated alkanes) is 1. The molecule has 3 rings (SSSR count). The zero-order chi connectivity index (χ0) is 21.5. The Balaban J connectivity index is 1.74. The molecule has 0 unspecified atom stereocenters. The Labute approximate surface area is 175 Å². The van der Waals surface area contributed by atoms with Gasteiger partial charge in [-0.3, -0.25) is 9.20 Å². The standard InChI is InChI=1S/C23H26N2O5/c1-4-6-12-29-19-10-9-17(13-20(19)28-5-2)23(27)30-15-18-14-21(26)25-11-7-8-16(3)22(25)24-18/h7-11,13-14H,4-6,12,15H2,1-3H3. The average molecular weight is 410 g/mol. The molecule has 3 aromatic rings. The third-order valence-electron chi connectivity index (χ3n) is 4.53. The smallest absolute Gasteiger partial charge is 0.338 e. The second-order valence-electron chi connectivity index (χ2n) is 6.84. The fourth-order valence-corrected chi connectivity index (χ4v) is 2.95. The first kappa shape index (κ1) is 21.4. The van der Waals surface area contributed by atoms with Gasteiger partial charge in [-0.15, -0.1) is 0 Å². The number of rotatable bonds is 9. The molecule has 0 fully saturated rings. The van der Waals surface area contributed by atoms with Crippen LogP contribution in [-0.2, 0) is 11.3 Å². The van der Waals surface area contributed by atoms with Crippen LogP contribution in [0, 0.1) is 6.92 Å². The van der Waals surface area contributed by atoms with Gasteiger partial charge in [-0.05, 0) is 50.1 Å². The number of aromatic nitrogens is 2. The van der Waals surface area contributed by atoms with E-state index in [-0.39, 0.29) is 12.2 Å². The van der Waals surface area contributed by atoms with Gasteiger partial charge < -0.3 is 14.2 Å². The van der Waals surface area contributed by atoms with Crippen molar-refractivity contribution in [1.82, 2.24) is 9.38 Å². The molecule has 158 valence electrons. The summed E-state index contributed by atoms with van der Waals surface area (Å²) in [6, 6.07) is 9.99. The minimum atomic E-state index is -0.525. The van der Waals surface area contributed by atoms with Crippen LogP contribution >= 0.6 is 0 Å². The zero-order valence-electron chi connectivity index (χ0n) is 17.5. The molecular formula is C23H26N2O5. The second-order valence-corrected chi connectivity index (χ2v) is 6.84. The van der Waals surface area contributed by atoms with Crippen LogP contribution in [-0.4, -0.2) is 28.6 Å². The number of benzene rings is 1. The monoisotopic (exact) mass is 410 g/mol. The Morgan fingerprint density at radius 1 is 1.10 bits per heavy atom. The molecule has 0 saturated carbocycles. The van der Waals surface area contributed by atoms with Crippen molar-refractivity contribution in [2.45, 2.75) is 40.2 Å². The average Bonchev–Trinajstić information content (AvgIpc) is 2.74. The fourth-order valence-electron chi connectivity index (χ4n) is 2.95. The Kier molecular flexibility index (Phi) is 7.06. The first-order valence-electron chi connectivity index (χ1n) is 10.1. The van der Waals surface area contributed by atoms with Gasteiger partial charge in [0.2, 0.25) is 0 Å². The Morgan fingerprint density at radius 2 is 1.93 bits per heavy atom. The van der Waals surface area contributed by atoms with Crippen LogP contribution in [0.2, 0.25) is 0 Å². The highest BCUT2D eigenvalue weighted by Crippen LogP contribution is 2.29. The van der Waals surface area contributed by atoms with Crippen LogP contribution < -0.4 is 15.0 Å². The molecule has 0 bridgehead atoms. The number of nitrogens with zero attached hydrogens (tertiary/aromatic N) is 2. The Hall–Kier alpha value is -3.35. The highest BCUT2D eigenvalue weighted by atomic mass is 16.5. The molecule has 0 saturated heterocycles. The van der Waals surface area contributed by atoms with Gasteiger partial charge in [0, 0.05) is 12.3 Å². The lowest BCUT2D eigenvalue weighted by atomic mass is 10.2. The summed E-state index contributed by atoms with van der Waals surface area (Å²) < 4.78 is 18.2. The summed E-state index contributed by atoms with van der Waals surface area (Å²) in [5, 5.41) is 0. The van der Waals surface area contributed by atoms with Gasteiger partial charge in [-0.2, -0.15) is 0 Å². The van der Waals surface area contributed by atoms with Crippen LogP contribution in [0.1, 0.15) is 48.3 Å². The summed E-state index contributed by atoms with van der Waals surface area (Å²) in [6.45, 7) is 6.77. The van der Waals surface area contributed by atoms with E-state index in [1.807, 2.05) is 19.9 Å². The maximum Gasteiger partial charge on any atom is 0.338 e. The number of carbonyl (C=O) groups is 1.